The third kappa shape index (κ3) is 2.77. The molecule has 0 nitrogen and oxygen atoms in total. The molecule has 23 heavy (non-hydrogen) atoms. The van der Waals surface area contributed by atoms with Crippen molar-refractivity contribution in [1.29, 1.82) is 0 Å². The van der Waals surface area contributed by atoms with E-state index < -0.39 is 8.07 Å². The molecule has 0 aromatic carbocycles. The van der Waals surface area contributed by atoms with E-state index in [9.17, 15) is 0 Å². The summed E-state index contributed by atoms with van der Waals surface area (Å²) in [6.07, 6.45) is 23.0. The van der Waals surface area contributed by atoms with Crippen molar-refractivity contribution in [3.63, 3.8) is 0 Å². The fourth-order valence-corrected chi connectivity index (χ4v) is 16.1. The quantitative estimate of drug-likeness (QED) is 0.456. The summed E-state index contributed by atoms with van der Waals surface area (Å²) in [6, 6.07) is 0. The van der Waals surface area contributed by atoms with Gasteiger partial charge in [-0.15, -0.1) is 0 Å². The highest BCUT2D eigenvalue weighted by Crippen LogP contribution is 2.73. The molecule has 0 aromatic rings. The van der Waals surface area contributed by atoms with Crippen LogP contribution in [0.4, 0.5) is 0 Å². The van der Waals surface area contributed by atoms with E-state index in [1.54, 1.807) is 38.5 Å². The van der Waals surface area contributed by atoms with Crippen LogP contribution in [0, 0.1) is 0 Å². The normalized spacial score (nSPS) is 30.8. The van der Waals surface area contributed by atoms with E-state index in [0.29, 0.717) is 15.1 Å². The molecule has 134 valence electrons. The Morgan fingerprint density at radius 2 is 0.652 bits per heavy atom. The summed E-state index contributed by atoms with van der Waals surface area (Å²) in [5.74, 6) is 0. The zero-order chi connectivity index (χ0) is 16.6. The first kappa shape index (κ1) is 18.0. The smallest absolute Gasteiger partial charge is 0.0680 e. The summed E-state index contributed by atoms with van der Waals surface area (Å²) in [6.45, 7) is 11.3. The van der Waals surface area contributed by atoms with E-state index >= 15 is 0 Å². The first-order valence-corrected chi connectivity index (χ1v) is 13.4. The Labute approximate surface area is 147 Å². The molecular formula is C22H42Si. The second kappa shape index (κ2) is 6.50. The van der Waals surface area contributed by atoms with Gasteiger partial charge < -0.3 is 0 Å². The second-order valence-corrected chi connectivity index (χ2v) is 16.4. The fourth-order valence-electron chi connectivity index (χ4n) is 7.68. The lowest BCUT2D eigenvalue weighted by atomic mass is 9.87. The van der Waals surface area contributed by atoms with Gasteiger partial charge in [0.2, 0.25) is 0 Å². The fraction of sp³-hybridized carbons (Fsp3) is 1.00. The van der Waals surface area contributed by atoms with Crippen molar-refractivity contribution in [2.24, 2.45) is 0 Å². The van der Waals surface area contributed by atoms with Crippen molar-refractivity contribution in [3.05, 3.63) is 0 Å². The average Bonchev–Trinajstić information content (AvgIpc) is 2.56. The number of hydrogen-bond acceptors (Lipinski definition) is 0. The van der Waals surface area contributed by atoms with Gasteiger partial charge >= 0.3 is 0 Å². The Morgan fingerprint density at radius 1 is 0.435 bits per heavy atom. The van der Waals surface area contributed by atoms with Crippen LogP contribution in [0.2, 0.25) is 21.7 Å². The van der Waals surface area contributed by atoms with Crippen molar-refractivity contribution in [2.75, 3.05) is 0 Å². The zero-order valence-corrected chi connectivity index (χ0v) is 17.6. The second-order valence-electron chi connectivity index (χ2n) is 10.5. The van der Waals surface area contributed by atoms with E-state index in [0.717, 1.165) is 0 Å². The molecule has 0 amide bonds. The van der Waals surface area contributed by atoms with Gasteiger partial charge in [-0.05, 0) is 15.1 Å². The predicted octanol–water partition coefficient (Wildman–Crippen LogP) is 8.24. The van der Waals surface area contributed by atoms with Crippen LogP contribution in [0.1, 0.15) is 117 Å². The molecule has 3 fully saturated rings. The Kier molecular flexibility index (Phi) is 5.10. The summed E-state index contributed by atoms with van der Waals surface area (Å²) < 4.78 is 0. The summed E-state index contributed by atoms with van der Waals surface area (Å²) in [5, 5.41) is 2.14. The third-order valence-corrected chi connectivity index (χ3v) is 18.2. The SMILES string of the molecule is CC1([Si](C)(C2(C)CCCCC2)C2(C)CCCCC2)CCCCC1. The van der Waals surface area contributed by atoms with Gasteiger partial charge in [-0.25, -0.2) is 0 Å². The highest BCUT2D eigenvalue weighted by molar-refractivity contribution is 6.87. The van der Waals surface area contributed by atoms with Crippen LogP contribution in [-0.2, 0) is 0 Å². The van der Waals surface area contributed by atoms with E-state index in [-0.39, 0.29) is 0 Å². The molecule has 0 aliphatic heterocycles. The Bertz CT molecular complexity index is 332. The molecular weight excluding hydrogens is 292 g/mol. The average molecular weight is 335 g/mol. The molecule has 0 radical (unpaired) electrons. The lowest BCUT2D eigenvalue weighted by molar-refractivity contribution is 0.284. The summed E-state index contributed by atoms with van der Waals surface area (Å²) in [7, 11) is -1.42. The van der Waals surface area contributed by atoms with Gasteiger partial charge in [-0.1, -0.05) is 124 Å². The van der Waals surface area contributed by atoms with Crippen molar-refractivity contribution in [2.45, 2.75) is 139 Å². The van der Waals surface area contributed by atoms with Crippen LogP contribution < -0.4 is 0 Å². The third-order valence-electron chi connectivity index (χ3n) is 9.49. The molecule has 3 aliphatic rings. The van der Waals surface area contributed by atoms with Crippen molar-refractivity contribution in [1.82, 2.24) is 0 Å². The van der Waals surface area contributed by atoms with Crippen molar-refractivity contribution < 1.29 is 0 Å². The minimum atomic E-state index is -1.42. The van der Waals surface area contributed by atoms with Crippen LogP contribution in [0.5, 0.6) is 0 Å². The molecule has 3 aliphatic carbocycles. The van der Waals surface area contributed by atoms with Gasteiger partial charge in [0.05, 0.1) is 8.07 Å². The Hall–Kier alpha value is 0.217. The predicted molar refractivity (Wildman–Crippen MR) is 106 cm³/mol. The molecule has 0 N–H and O–H groups in total. The lowest BCUT2D eigenvalue weighted by Gasteiger charge is -2.66. The van der Waals surface area contributed by atoms with Gasteiger partial charge in [0.1, 0.15) is 0 Å². The molecule has 0 aromatic heterocycles. The van der Waals surface area contributed by atoms with Crippen LogP contribution in [-0.4, -0.2) is 8.07 Å². The summed E-state index contributed by atoms with van der Waals surface area (Å²) in [4.78, 5) is 0. The molecule has 0 bridgehead atoms. The highest BCUT2D eigenvalue weighted by Gasteiger charge is 2.64. The van der Waals surface area contributed by atoms with E-state index in [2.05, 4.69) is 27.3 Å². The molecule has 0 saturated heterocycles. The maximum atomic E-state index is 2.93. The van der Waals surface area contributed by atoms with Gasteiger partial charge in [0.15, 0.2) is 0 Å². The number of hydrogen-bond donors (Lipinski definition) is 0. The molecule has 0 heterocycles. The van der Waals surface area contributed by atoms with Gasteiger partial charge in [0.25, 0.3) is 0 Å². The minimum Gasteiger partial charge on any atom is -0.0680 e. The molecule has 1 heteroatoms. The number of rotatable bonds is 3. The van der Waals surface area contributed by atoms with E-state index in [4.69, 9.17) is 0 Å². The van der Waals surface area contributed by atoms with Gasteiger partial charge in [-0.2, -0.15) is 0 Å². The van der Waals surface area contributed by atoms with E-state index in [1.807, 2.05) is 0 Å². The highest BCUT2D eigenvalue weighted by atomic mass is 28.3. The largest absolute Gasteiger partial charge is 0.0683 e. The maximum Gasteiger partial charge on any atom is 0.0683 e. The van der Waals surface area contributed by atoms with Gasteiger partial charge in [-0.3, -0.25) is 0 Å². The summed E-state index contributed by atoms with van der Waals surface area (Å²) >= 11 is 0. The van der Waals surface area contributed by atoms with Crippen LogP contribution in [0.15, 0.2) is 0 Å². The van der Waals surface area contributed by atoms with E-state index in [1.165, 1.54) is 57.8 Å². The van der Waals surface area contributed by atoms with Crippen LogP contribution >= 0.6 is 0 Å². The topological polar surface area (TPSA) is 0 Å². The van der Waals surface area contributed by atoms with Crippen LogP contribution in [0.3, 0.4) is 0 Å². The molecule has 0 unspecified atom stereocenters. The summed E-state index contributed by atoms with van der Waals surface area (Å²) in [5.41, 5.74) is 0. The standard InChI is InChI=1S/C22H42Si/c1-20(14-8-5-9-15-20)23(4,21(2)16-10-6-11-17-21)22(3)18-12-7-13-19-22/h5-19H2,1-4H3. The molecule has 3 rings (SSSR count). The Morgan fingerprint density at radius 3 is 0.870 bits per heavy atom. The zero-order valence-electron chi connectivity index (χ0n) is 16.6. The van der Waals surface area contributed by atoms with Crippen molar-refractivity contribution >= 4 is 8.07 Å². The van der Waals surface area contributed by atoms with Gasteiger partial charge in [0, 0.05) is 0 Å². The first-order valence-electron chi connectivity index (χ1n) is 10.9. The molecule has 0 spiro atoms. The molecule has 3 saturated carbocycles. The maximum absolute atomic E-state index is 2.93. The minimum absolute atomic E-state index is 0.712. The van der Waals surface area contributed by atoms with Crippen LogP contribution in [0.25, 0.3) is 0 Å². The molecule has 0 atom stereocenters. The Balaban J connectivity index is 2.04. The monoisotopic (exact) mass is 334 g/mol. The van der Waals surface area contributed by atoms with Crippen molar-refractivity contribution in [3.8, 4) is 0 Å². The first-order chi connectivity index (χ1) is 10.9. The lowest BCUT2D eigenvalue weighted by Crippen LogP contribution is -2.62.